The summed E-state index contributed by atoms with van der Waals surface area (Å²) in [5, 5.41) is 3.75. The lowest BCUT2D eigenvalue weighted by Crippen LogP contribution is -2.47. The van der Waals surface area contributed by atoms with E-state index in [1.807, 2.05) is 0 Å². The van der Waals surface area contributed by atoms with Crippen LogP contribution in [0.3, 0.4) is 0 Å². The van der Waals surface area contributed by atoms with Gasteiger partial charge >= 0.3 is 0 Å². The Morgan fingerprint density at radius 1 is 1.12 bits per heavy atom. The highest BCUT2D eigenvalue weighted by atomic mass is 15.2. The second kappa shape index (κ2) is 6.72. The number of nitrogens with zero attached hydrogens (tertiary/aromatic N) is 2. The van der Waals surface area contributed by atoms with Crippen molar-refractivity contribution >= 4 is 0 Å². The summed E-state index contributed by atoms with van der Waals surface area (Å²) in [6.07, 6.45) is 6.89. The molecule has 2 heterocycles. The quantitative estimate of drug-likeness (QED) is 0.803. The van der Waals surface area contributed by atoms with E-state index in [2.05, 4.69) is 29.1 Å². The molecule has 0 aromatic carbocycles. The molecule has 0 radical (unpaired) electrons. The van der Waals surface area contributed by atoms with Gasteiger partial charge in [-0.3, -0.25) is 0 Å². The largest absolute Gasteiger partial charge is 0.313 e. The molecule has 0 saturated carbocycles. The molecule has 2 atom stereocenters. The molecule has 2 fully saturated rings. The van der Waals surface area contributed by atoms with Crippen LogP contribution in [0.2, 0.25) is 0 Å². The minimum absolute atomic E-state index is 0.747. The summed E-state index contributed by atoms with van der Waals surface area (Å²) in [5.74, 6) is 0. The van der Waals surface area contributed by atoms with Gasteiger partial charge in [-0.2, -0.15) is 0 Å². The Balaban J connectivity index is 1.58. The standard InChI is InChI=1S/C14H29N3/c1-13-12-14(6-10-16(13)2)15-7-11-17-8-4-3-5-9-17/h13-15H,3-12H2,1-2H3. The van der Waals surface area contributed by atoms with E-state index >= 15 is 0 Å². The second-order valence-electron chi connectivity index (χ2n) is 5.91. The molecular weight excluding hydrogens is 210 g/mol. The Morgan fingerprint density at radius 2 is 1.88 bits per heavy atom. The molecule has 2 saturated heterocycles. The van der Waals surface area contributed by atoms with Gasteiger partial charge in [0.2, 0.25) is 0 Å². The van der Waals surface area contributed by atoms with Crippen LogP contribution >= 0.6 is 0 Å². The average molecular weight is 239 g/mol. The smallest absolute Gasteiger partial charge is 0.0107 e. The lowest BCUT2D eigenvalue weighted by molar-refractivity contribution is 0.163. The zero-order valence-electron chi connectivity index (χ0n) is 11.6. The van der Waals surface area contributed by atoms with Gasteiger partial charge in [0.05, 0.1) is 0 Å². The molecule has 2 aliphatic heterocycles. The first kappa shape index (κ1) is 13.3. The van der Waals surface area contributed by atoms with Gasteiger partial charge in [-0.25, -0.2) is 0 Å². The Bertz CT molecular complexity index is 214. The zero-order valence-corrected chi connectivity index (χ0v) is 11.6. The third-order valence-electron chi connectivity index (χ3n) is 4.52. The molecule has 17 heavy (non-hydrogen) atoms. The van der Waals surface area contributed by atoms with Crippen molar-refractivity contribution in [2.45, 2.75) is 51.1 Å². The van der Waals surface area contributed by atoms with Crippen LogP contribution in [-0.2, 0) is 0 Å². The number of piperidine rings is 2. The fourth-order valence-corrected chi connectivity index (χ4v) is 3.08. The second-order valence-corrected chi connectivity index (χ2v) is 5.91. The van der Waals surface area contributed by atoms with Crippen LogP contribution in [0.4, 0.5) is 0 Å². The van der Waals surface area contributed by atoms with E-state index in [4.69, 9.17) is 0 Å². The Kier molecular flexibility index (Phi) is 5.26. The summed E-state index contributed by atoms with van der Waals surface area (Å²) >= 11 is 0. The van der Waals surface area contributed by atoms with E-state index in [1.54, 1.807) is 0 Å². The maximum atomic E-state index is 3.75. The highest BCUT2D eigenvalue weighted by Gasteiger charge is 2.22. The van der Waals surface area contributed by atoms with Crippen LogP contribution in [0.25, 0.3) is 0 Å². The van der Waals surface area contributed by atoms with E-state index in [0.29, 0.717) is 0 Å². The van der Waals surface area contributed by atoms with E-state index < -0.39 is 0 Å². The minimum Gasteiger partial charge on any atom is -0.313 e. The van der Waals surface area contributed by atoms with Crippen molar-refractivity contribution in [1.82, 2.24) is 15.1 Å². The van der Waals surface area contributed by atoms with Gasteiger partial charge in [-0.15, -0.1) is 0 Å². The molecule has 0 aliphatic carbocycles. The first-order valence-electron chi connectivity index (χ1n) is 7.41. The maximum Gasteiger partial charge on any atom is 0.0107 e. The summed E-state index contributed by atoms with van der Waals surface area (Å²) in [6.45, 7) is 8.68. The Hall–Kier alpha value is -0.120. The van der Waals surface area contributed by atoms with Crippen LogP contribution in [-0.4, -0.2) is 61.7 Å². The fraction of sp³-hybridized carbons (Fsp3) is 1.00. The highest BCUT2D eigenvalue weighted by Crippen LogP contribution is 2.15. The summed E-state index contributed by atoms with van der Waals surface area (Å²) in [7, 11) is 2.24. The minimum atomic E-state index is 0.747. The molecule has 0 amide bonds. The normalized spacial score (nSPS) is 32.8. The molecule has 2 rings (SSSR count). The lowest BCUT2D eigenvalue weighted by atomic mass is 9.99. The topological polar surface area (TPSA) is 18.5 Å². The molecule has 0 aromatic heterocycles. The summed E-state index contributed by atoms with van der Waals surface area (Å²) in [5.41, 5.74) is 0. The molecule has 0 bridgehead atoms. The third-order valence-corrected chi connectivity index (χ3v) is 4.52. The van der Waals surface area contributed by atoms with Gasteiger partial charge in [0.15, 0.2) is 0 Å². The molecule has 0 spiro atoms. The lowest BCUT2D eigenvalue weighted by Gasteiger charge is -2.36. The third kappa shape index (κ3) is 4.23. The fourth-order valence-electron chi connectivity index (χ4n) is 3.08. The van der Waals surface area contributed by atoms with Gasteiger partial charge < -0.3 is 15.1 Å². The Labute approximate surface area is 107 Å². The van der Waals surface area contributed by atoms with Crippen LogP contribution in [0.15, 0.2) is 0 Å². The van der Waals surface area contributed by atoms with E-state index in [-0.39, 0.29) is 0 Å². The number of likely N-dealkylation sites (tertiary alicyclic amines) is 2. The molecule has 3 heteroatoms. The van der Waals surface area contributed by atoms with Crippen LogP contribution in [0.1, 0.15) is 39.0 Å². The van der Waals surface area contributed by atoms with Crippen molar-refractivity contribution in [1.29, 1.82) is 0 Å². The molecule has 1 N–H and O–H groups in total. The average Bonchev–Trinajstić information content (AvgIpc) is 2.35. The monoisotopic (exact) mass is 239 g/mol. The number of hydrogen-bond donors (Lipinski definition) is 1. The molecule has 2 aliphatic rings. The van der Waals surface area contributed by atoms with Crippen LogP contribution in [0, 0.1) is 0 Å². The predicted molar refractivity (Wildman–Crippen MR) is 73.4 cm³/mol. The van der Waals surface area contributed by atoms with Crippen molar-refractivity contribution in [2.24, 2.45) is 0 Å². The van der Waals surface area contributed by atoms with Crippen molar-refractivity contribution in [2.75, 3.05) is 39.8 Å². The van der Waals surface area contributed by atoms with Gasteiger partial charge in [0, 0.05) is 25.2 Å². The summed E-state index contributed by atoms with van der Waals surface area (Å²) < 4.78 is 0. The maximum absolute atomic E-state index is 3.75. The Morgan fingerprint density at radius 3 is 2.59 bits per heavy atom. The molecule has 2 unspecified atom stereocenters. The summed E-state index contributed by atoms with van der Waals surface area (Å²) in [4.78, 5) is 5.09. The zero-order chi connectivity index (χ0) is 12.1. The predicted octanol–water partition coefficient (Wildman–Crippen LogP) is 1.54. The van der Waals surface area contributed by atoms with Crippen molar-refractivity contribution in [3.63, 3.8) is 0 Å². The number of rotatable bonds is 4. The molecule has 0 aromatic rings. The SMILES string of the molecule is CC1CC(NCCN2CCCCC2)CCN1C. The molecule has 100 valence electrons. The van der Waals surface area contributed by atoms with Gasteiger partial charge in [-0.05, 0) is 59.3 Å². The highest BCUT2D eigenvalue weighted by molar-refractivity contribution is 4.81. The van der Waals surface area contributed by atoms with Crippen molar-refractivity contribution < 1.29 is 0 Å². The van der Waals surface area contributed by atoms with Gasteiger partial charge in [-0.1, -0.05) is 6.42 Å². The van der Waals surface area contributed by atoms with Crippen molar-refractivity contribution in [3.8, 4) is 0 Å². The van der Waals surface area contributed by atoms with E-state index in [9.17, 15) is 0 Å². The van der Waals surface area contributed by atoms with Crippen LogP contribution in [0.5, 0.6) is 0 Å². The van der Waals surface area contributed by atoms with E-state index in [0.717, 1.165) is 12.1 Å². The number of nitrogens with one attached hydrogen (secondary N) is 1. The van der Waals surface area contributed by atoms with Crippen LogP contribution < -0.4 is 5.32 Å². The van der Waals surface area contributed by atoms with Gasteiger partial charge in [0.25, 0.3) is 0 Å². The number of hydrogen-bond acceptors (Lipinski definition) is 3. The first-order valence-corrected chi connectivity index (χ1v) is 7.41. The van der Waals surface area contributed by atoms with E-state index in [1.165, 1.54) is 64.8 Å². The molecule has 3 nitrogen and oxygen atoms in total. The first-order chi connectivity index (χ1) is 8.25. The molecular formula is C14H29N3. The summed E-state index contributed by atoms with van der Waals surface area (Å²) in [6, 6.07) is 1.50. The van der Waals surface area contributed by atoms with Crippen molar-refractivity contribution in [3.05, 3.63) is 0 Å². The van der Waals surface area contributed by atoms with Gasteiger partial charge in [0.1, 0.15) is 0 Å².